The van der Waals surface area contributed by atoms with E-state index >= 15 is 0 Å². The monoisotopic (exact) mass is 443 g/mol. The Morgan fingerprint density at radius 1 is 1.06 bits per heavy atom. The molecule has 1 amide bonds. The van der Waals surface area contributed by atoms with Gasteiger partial charge in [-0.05, 0) is 47.5 Å². The van der Waals surface area contributed by atoms with Crippen LogP contribution in [-0.2, 0) is 17.9 Å². The highest BCUT2D eigenvalue weighted by Crippen LogP contribution is 2.23. The molecule has 0 aliphatic heterocycles. The third-order valence-corrected chi connectivity index (χ3v) is 4.74. The Hall–Kier alpha value is -4.64. The third kappa shape index (κ3) is 6.42. The van der Waals surface area contributed by atoms with Crippen molar-refractivity contribution in [2.75, 3.05) is 7.11 Å². The van der Waals surface area contributed by atoms with E-state index in [4.69, 9.17) is 9.47 Å². The molecule has 0 spiro atoms. The number of nitro benzene ring substituents is 1. The van der Waals surface area contributed by atoms with Crippen LogP contribution in [0.5, 0.6) is 11.5 Å². The zero-order chi connectivity index (χ0) is 23.6. The molecule has 3 rings (SSSR count). The summed E-state index contributed by atoms with van der Waals surface area (Å²) < 4.78 is 10.9. The first-order chi connectivity index (χ1) is 16.0. The fourth-order valence-corrected chi connectivity index (χ4v) is 2.93. The van der Waals surface area contributed by atoms with Crippen molar-refractivity contribution < 1.29 is 19.2 Å². The van der Waals surface area contributed by atoms with Gasteiger partial charge in [0.15, 0.2) is 0 Å². The van der Waals surface area contributed by atoms with E-state index in [1.165, 1.54) is 18.2 Å². The third-order valence-electron chi connectivity index (χ3n) is 4.74. The van der Waals surface area contributed by atoms with Gasteiger partial charge in [-0.2, -0.15) is 5.26 Å². The minimum absolute atomic E-state index is 0.00129. The SMILES string of the molecule is COc1ccc(CNC(=O)/C(C#N)=C\c2ccccc2OCc2ccc([N+](=O)[O-])cc2)cc1. The van der Waals surface area contributed by atoms with Crippen LogP contribution < -0.4 is 14.8 Å². The number of carbonyl (C=O) groups is 1. The molecule has 0 saturated heterocycles. The molecule has 0 saturated carbocycles. The number of ether oxygens (including phenoxy) is 2. The molecule has 166 valence electrons. The number of nitrogens with zero attached hydrogens (tertiary/aromatic N) is 2. The van der Waals surface area contributed by atoms with Gasteiger partial charge < -0.3 is 14.8 Å². The second-order valence-corrected chi connectivity index (χ2v) is 6.95. The maximum Gasteiger partial charge on any atom is 0.269 e. The van der Waals surface area contributed by atoms with Crippen molar-refractivity contribution in [3.05, 3.63) is 105 Å². The molecule has 0 aromatic heterocycles. The highest BCUT2D eigenvalue weighted by Gasteiger charge is 2.11. The van der Waals surface area contributed by atoms with E-state index in [0.29, 0.717) is 17.1 Å². The van der Waals surface area contributed by atoms with Gasteiger partial charge in [0.25, 0.3) is 11.6 Å². The van der Waals surface area contributed by atoms with Gasteiger partial charge in [-0.15, -0.1) is 0 Å². The number of nitriles is 1. The molecule has 0 unspecified atom stereocenters. The molecule has 3 aromatic carbocycles. The summed E-state index contributed by atoms with van der Waals surface area (Å²) in [6.45, 7) is 0.439. The Kier molecular flexibility index (Phi) is 7.76. The lowest BCUT2D eigenvalue weighted by atomic mass is 10.1. The number of para-hydroxylation sites is 1. The fraction of sp³-hybridized carbons (Fsp3) is 0.120. The molecule has 0 atom stereocenters. The minimum atomic E-state index is -0.501. The second kappa shape index (κ2) is 11.1. The molecule has 0 heterocycles. The minimum Gasteiger partial charge on any atom is -0.497 e. The Morgan fingerprint density at radius 2 is 1.73 bits per heavy atom. The predicted octanol–water partition coefficient (Wildman–Crippen LogP) is 4.41. The van der Waals surface area contributed by atoms with E-state index < -0.39 is 10.8 Å². The first kappa shape index (κ1) is 23.0. The largest absolute Gasteiger partial charge is 0.497 e. The Morgan fingerprint density at radius 3 is 2.36 bits per heavy atom. The van der Waals surface area contributed by atoms with Gasteiger partial charge in [-0.3, -0.25) is 14.9 Å². The average molecular weight is 443 g/mol. The highest BCUT2D eigenvalue weighted by molar-refractivity contribution is 6.01. The van der Waals surface area contributed by atoms with Crippen LogP contribution in [0, 0.1) is 21.4 Å². The van der Waals surface area contributed by atoms with Gasteiger partial charge in [0.2, 0.25) is 0 Å². The van der Waals surface area contributed by atoms with Gasteiger partial charge in [0, 0.05) is 24.2 Å². The van der Waals surface area contributed by atoms with Crippen molar-refractivity contribution in [1.29, 1.82) is 5.26 Å². The van der Waals surface area contributed by atoms with Crippen LogP contribution >= 0.6 is 0 Å². The van der Waals surface area contributed by atoms with Crippen LogP contribution in [0.1, 0.15) is 16.7 Å². The maximum atomic E-state index is 12.5. The van der Waals surface area contributed by atoms with Crippen molar-refractivity contribution in [3.8, 4) is 17.6 Å². The molecule has 0 radical (unpaired) electrons. The summed E-state index contributed by atoms with van der Waals surface area (Å²) in [5, 5.41) is 23.0. The van der Waals surface area contributed by atoms with Gasteiger partial charge >= 0.3 is 0 Å². The number of hydrogen-bond acceptors (Lipinski definition) is 6. The van der Waals surface area contributed by atoms with Crippen molar-refractivity contribution in [1.82, 2.24) is 5.32 Å². The summed E-state index contributed by atoms with van der Waals surface area (Å²) in [5.41, 5.74) is 2.12. The second-order valence-electron chi connectivity index (χ2n) is 6.95. The van der Waals surface area contributed by atoms with Crippen LogP contribution in [0.4, 0.5) is 5.69 Å². The maximum absolute atomic E-state index is 12.5. The molecule has 3 aromatic rings. The number of nitro groups is 1. The molecule has 8 nitrogen and oxygen atoms in total. The number of methoxy groups -OCH3 is 1. The summed E-state index contributed by atoms with van der Waals surface area (Å²) in [6.07, 6.45) is 1.47. The number of non-ortho nitro benzene ring substituents is 1. The van der Waals surface area contributed by atoms with Gasteiger partial charge in [0.1, 0.15) is 29.7 Å². The Labute approximate surface area is 190 Å². The van der Waals surface area contributed by atoms with Crippen LogP contribution in [0.2, 0.25) is 0 Å². The van der Waals surface area contributed by atoms with Gasteiger partial charge in [-0.25, -0.2) is 0 Å². The number of carbonyl (C=O) groups excluding carboxylic acids is 1. The van der Waals surface area contributed by atoms with Crippen molar-refractivity contribution in [3.63, 3.8) is 0 Å². The summed E-state index contributed by atoms with van der Waals surface area (Å²) in [5.74, 6) is 0.693. The van der Waals surface area contributed by atoms with E-state index in [0.717, 1.165) is 11.1 Å². The van der Waals surface area contributed by atoms with Crippen LogP contribution in [0.25, 0.3) is 6.08 Å². The molecular formula is C25H21N3O5. The molecule has 8 heteroatoms. The standard InChI is InChI=1S/C25H21N3O5/c1-32-23-12-8-18(9-13-23)16-27-25(29)21(15-26)14-20-4-2-3-5-24(20)33-17-19-6-10-22(11-7-19)28(30)31/h2-14H,16-17H2,1H3,(H,27,29)/b21-14-. The Bertz CT molecular complexity index is 1200. The lowest BCUT2D eigenvalue weighted by Crippen LogP contribution is -2.23. The molecule has 0 aliphatic rings. The zero-order valence-electron chi connectivity index (χ0n) is 17.9. The van der Waals surface area contributed by atoms with Crippen molar-refractivity contribution in [2.45, 2.75) is 13.2 Å². The number of nitrogens with one attached hydrogen (secondary N) is 1. The van der Waals surface area contributed by atoms with Gasteiger partial charge in [0.05, 0.1) is 12.0 Å². The number of hydrogen-bond donors (Lipinski definition) is 1. The predicted molar refractivity (Wildman–Crippen MR) is 122 cm³/mol. The summed E-state index contributed by atoms with van der Waals surface area (Å²) in [4.78, 5) is 22.8. The first-order valence-corrected chi connectivity index (χ1v) is 9.98. The van der Waals surface area contributed by atoms with E-state index in [-0.39, 0.29) is 24.4 Å². The van der Waals surface area contributed by atoms with E-state index in [9.17, 15) is 20.2 Å². The summed E-state index contributed by atoms with van der Waals surface area (Å²) >= 11 is 0. The zero-order valence-corrected chi connectivity index (χ0v) is 17.9. The normalized spacial score (nSPS) is 10.7. The van der Waals surface area contributed by atoms with Crippen LogP contribution in [0.15, 0.2) is 78.4 Å². The van der Waals surface area contributed by atoms with Crippen LogP contribution in [0.3, 0.4) is 0 Å². The first-order valence-electron chi connectivity index (χ1n) is 9.98. The summed E-state index contributed by atoms with van der Waals surface area (Å²) in [7, 11) is 1.58. The van der Waals surface area contributed by atoms with E-state index in [2.05, 4.69) is 5.32 Å². The molecule has 33 heavy (non-hydrogen) atoms. The molecule has 0 bridgehead atoms. The highest BCUT2D eigenvalue weighted by atomic mass is 16.6. The quantitative estimate of drug-likeness (QED) is 0.227. The lowest BCUT2D eigenvalue weighted by Gasteiger charge is -2.10. The van der Waals surface area contributed by atoms with Crippen molar-refractivity contribution >= 4 is 17.7 Å². The molecule has 1 N–H and O–H groups in total. The lowest BCUT2D eigenvalue weighted by molar-refractivity contribution is -0.384. The molecular weight excluding hydrogens is 422 g/mol. The fourth-order valence-electron chi connectivity index (χ4n) is 2.93. The number of rotatable bonds is 9. The topological polar surface area (TPSA) is 114 Å². The smallest absolute Gasteiger partial charge is 0.269 e. The summed E-state index contributed by atoms with van der Waals surface area (Å²) in [6, 6.07) is 22.2. The van der Waals surface area contributed by atoms with Gasteiger partial charge in [-0.1, -0.05) is 30.3 Å². The molecule has 0 fully saturated rings. The Balaban J connectivity index is 1.68. The van der Waals surface area contributed by atoms with Crippen LogP contribution in [-0.4, -0.2) is 17.9 Å². The van der Waals surface area contributed by atoms with Crippen molar-refractivity contribution in [2.24, 2.45) is 0 Å². The molecule has 0 aliphatic carbocycles. The number of amides is 1. The van der Waals surface area contributed by atoms with E-state index in [1.807, 2.05) is 18.2 Å². The average Bonchev–Trinajstić information content (AvgIpc) is 2.85. The number of benzene rings is 3. The van der Waals surface area contributed by atoms with E-state index in [1.54, 1.807) is 55.6 Å².